The Kier molecular flexibility index (Phi) is 13.0. The van der Waals surface area contributed by atoms with Crippen LogP contribution >= 0.6 is 24.0 Å². The maximum Gasteiger partial charge on any atom is 0.253 e. The Bertz CT molecular complexity index is 644. The van der Waals surface area contributed by atoms with E-state index >= 15 is 0 Å². The molecule has 1 aliphatic rings. The lowest BCUT2D eigenvalue weighted by molar-refractivity contribution is 0.00990. The highest BCUT2D eigenvalue weighted by atomic mass is 127. The lowest BCUT2D eigenvalue weighted by atomic mass is 10.1. The number of nitrogens with one attached hydrogen (secondary N) is 1. The lowest BCUT2D eigenvalue weighted by Gasteiger charge is -2.34. The second kappa shape index (κ2) is 14.6. The highest BCUT2D eigenvalue weighted by Gasteiger charge is 2.21. The molecule has 1 aliphatic heterocycles. The Balaban J connectivity index is 0.00000450. The normalized spacial score (nSPS) is 14.9. The van der Waals surface area contributed by atoms with Crippen molar-refractivity contribution in [2.24, 2.45) is 4.99 Å². The molecule has 0 aliphatic carbocycles. The molecule has 2 rings (SSSR count). The zero-order valence-electron chi connectivity index (χ0n) is 18.7. The standard InChI is InChI=1S/C22H36N4O3.HI/c1-5-23-22(26-13-11-20(12-14-26)29-16-6-15-28-4)24-17-18-7-9-19(10-8-18)21(27)25(2)3;/h7-10,20H,5-6,11-17H2,1-4H3,(H,23,24);1H. The summed E-state index contributed by atoms with van der Waals surface area (Å²) in [5.74, 6) is 0.958. The molecule has 7 nitrogen and oxygen atoms in total. The number of aliphatic imine (C=N–C) groups is 1. The summed E-state index contributed by atoms with van der Waals surface area (Å²) in [7, 11) is 5.24. The van der Waals surface area contributed by atoms with Crippen molar-refractivity contribution < 1.29 is 14.3 Å². The van der Waals surface area contributed by atoms with Crippen molar-refractivity contribution in [3.05, 3.63) is 35.4 Å². The van der Waals surface area contributed by atoms with Crippen LogP contribution in [0.3, 0.4) is 0 Å². The average molecular weight is 532 g/mol. The van der Waals surface area contributed by atoms with E-state index in [0.29, 0.717) is 18.2 Å². The Labute approximate surface area is 198 Å². The van der Waals surface area contributed by atoms with Gasteiger partial charge in [-0.05, 0) is 43.9 Å². The number of carbonyl (C=O) groups is 1. The van der Waals surface area contributed by atoms with Gasteiger partial charge in [-0.1, -0.05) is 12.1 Å². The molecule has 0 bridgehead atoms. The molecule has 1 fully saturated rings. The number of hydrogen-bond donors (Lipinski definition) is 1. The molecule has 1 heterocycles. The largest absolute Gasteiger partial charge is 0.385 e. The number of likely N-dealkylation sites (tertiary alicyclic amines) is 1. The van der Waals surface area contributed by atoms with Crippen LogP contribution < -0.4 is 5.32 Å². The first-order valence-corrected chi connectivity index (χ1v) is 10.5. The molecular formula is C22H37IN4O3. The van der Waals surface area contributed by atoms with E-state index in [-0.39, 0.29) is 29.9 Å². The predicted molar refractivity (Wildman–Crippen MR) is 132 cm³/mol. The first kappa shape index (κ1) is 26.6. The van der Waals surface area contributed by atoms with E-state index < -0.39 is 0 Å². The zero-order chi connectivity index (χ0) is 21.1. The fourth-order valence-electron chi connectivity index (χ4n) is 3.29. The highest BCUT2D eigenvalue weighted by Crippen LogP contribution is 2.15. The van der Waals surface area contributed by atoms with Crippen LogP contribution in [0.5, 0.6) is 0 Å². The number of benzene rings is 1. The molecule has 0 aromatic heterocycles. The quantitative estimate of drug-likeness (QED) is 0.229. The van der Waals surface area contributed by atoms with Gasteiger partial charge in [0.1, 0.15) is 0 Å². The van der Waals surface area contributed by atoms with Crippen LogP contribution in [0.4, 0.5) is 0 Å². The monoisotopic (exact) mass is 532 g/mol. The predicted octanol–water partition coefficient (Wildman–Crippen LogP) is 2.99. The minimum absolute atomic E-state index is 0. The summed E-state index contributed by atoms with van der Waals surface area (Å²) in [6, 6.07) is 7.69. The average Bonchev–Trinajstić information content (AvgIpc) is 2.74. The molecular weight excluding hydrogens is 495 g/mol. The van der Waals surface area contributed by atoms with Crippen LogP contribution in [0.15, 0.2) is 29.3 Å². The van der Waals surface area contributed by atoms with Crippen LogP contribution in [0.25, 0.3) is 0 Å². The molecule has 0 saturated carbocycles. The molecule has 8 heteroatoms. The van der Waals surface area contributed by atoms with E-state index in [1.54, 1.807) is 26.1 Å². The minimum Gasteiger partial charge on any atom is -0.385 e. The van der Waals surface area contributed by atoms with E-state index in [9.17, 15) is 4.79 Å². The number of guanidine groups is 1. The maximum absolute atomic E-state index is 12.0. The molecule has 1 N–H and O–H groups in total. The fourth-order valence-corrected chi connectivity index (χ4v) is 3.29. The molecule has 1 saturated heterocycles. The third-order valence-corrected chi connectivity index (χ3v) is 4.94. The molecule has 1 aromatic rings. The van der Waals surface area contributed by atoms with Crippen molar-refractivity contribution in [2.45, 2.75) is 38.8 Å². The minimum atomic E-state index is 0. The van der Waals surface area contributed by atoms with Crippen molar-refractivity contribution in [2.75, 3.05) is 54.1 Å². The van der Waals surface area contributed by atoms with Gasteiger partial charge in [0.05, 0.1) is 12.6 Å². The number of methoxy groups -OCH3 is 1. The van der Waals surface area contributed by atoms with Gasteiger partial charge >= 0.3 is 0 Å². The zero-order valence-corrected chi connectivity index (χ0v) is 21.1. The smallest absolute Gasteiger partial charge is 0.253 e. The molecule has 30 heavy (non-hydrogen) atoms. The Morgan fingerprint density at radius 1 is 1.20 bits per heavy atom. The van der Waals surface area contributed by atoms with Gasteiger partial charge in [-0.2, -0.15) is 0 Å². The summed E-state index contributed by atoms with van der Waals surface area (Å²) >= 11 is 0. The van der Waals surface area contributed by atoms with Gasteiger partial charge in [-0.3, -0.25) is 4.79 Å². The summed E-state index contributed by atoms with van der Waals surface area (Å²) in [6.07, 6.45) is 3.30. The van der Waals surface area contributed by atoms with Gasteiger partial charge in [0.15, 0.2) is 5.96 Å². The van der Waals surface area contributed by atoms with Crippen molar-refractivity contribution in [3.8, 4) is 0 Å². The first-order valence-electron chi connectivity index (χ1n) is 10.5. The number of carbonyl (C=O) groups excluding carboxylic acids is 1. The Hall–Kier alpha value is -1.39. The second-order valence-corrected chi connectivity index (χ2v) is 7.47. The van der Waals surface area contributed by atoms with Crippen LogP contribution in [-0.4, -0.2) is 81.8 Å². The molecule has 0 unspecified atom stereocenters. The van der Waals surface area contributed by atoms with Crippen molar-refractivity contribution >= 4 is 35.8 Å². The van der Waals surface area contributed by atoms with Gasteiger partial charge in [0.2, 0.25) is 0 Å². The molecule has 1 aromatic carbocycles. The number of hydrogen-bond acceptors (Lipinski definition) is 4. The maximum atomic E-state index is 12.0. The SMILES string of the molecule is CCNC(=NCc1ccc(C(=O)N(C)C)cc1)N1CCC(OCCCOC)CC1.I. The summed E-state index contributed by atoms with van der Waals surface area (Å²) in [6.45, 7) is 6.91. The molecule has 0 radical (unpaired) electrons. The van der Waals surface area contributed by atoms with E-state index in [2.05, 4.69) is 17.1 Å². The van der Waals surface area contributed by atoms with Gasteiger partial charge in [-0.25, -0.2) is 4.99 Å². The van der Waals surface area contributed by atoms with Crippen LogP contribution in [-0.2, 0) is 16.0 Å². The number of rotatable bonds is 9. The summed E-state index contributed by atoms with van der Waals surface area (Å²) < 4.78 is 11.0. The van der Waals surface area contributed by atoms with Crippen LogP contribution in [0, 0.1) is 0 Å². The van der Waals surface area contributed by atoms with E-state index in [1.807, 2.05) is 24.3 Å². The van der Waals surface area contributed by atoms with Gasteiger partial charge < -0.3 is 24.6 Å². The van der Waals surface area contributed by atoms with Crippen molar-refractivity contribution in [3.63, 3.8) is 0 Å². The van der Waals surface area contributed by atoms with Crippen molar-refractivity contribution in [1.82, 2.24) is 15.1 Å². The molecule has 0 atom stereocenters. The number of nitrogens with zero attached hydrogens (tertiary/aromatic N) is 3. The van der Waals surface area contributed by atoms with Crippen molar-refractivity contribution in [1.29, 1.82) is 0 Å². The van der Waals surface area contributed by atoms with Crippen LogP contribution in [0.1, 0.15) is 42.1 Å². The summed E-state index contributed by atoms with van der Waals surface area (Å²) in [5, 5.41) is 3.40. The molecule has 170 valence electrons. The van der Waals surface area contributed by atoms with Gasteiger partial charge in [-0.15, -0.1) is 24.0 Å². The summed E-state index contributed by atoms with van der Waals surface area (Å²) in [4.78, 5) is 20.7. The van der Waals surface area contributed by atoms with Crippen LogP contribution in [0.2, 0.25) is 0 Å². The van der Waals surface area contributed by atoms with E-state index in [4.69, 9.17) is 14.5 Å². The molecule has 1 amide bonds. The third kappa shape index (κ3) is 8.77. The third-order valence-electron chi connectivity index (χ3n) is 4.94. The lowest BCUT2D eigenvalue weighted by Crippen LogP contribution is -2.47. The van der Waals surface area contributed by atoms with Gasteiger partial charge in [0, 0.05) is 59.6 Å². The Morgan fingerprint density at radius 3 is 2.43 bits per heavy atom. The summed E-state index contributed by atoms with van der Waals surface area (Å²) in [5.41, 5.74) is 1.79. The van der Waals surface area contributed by atoms with E-state index in [0.717, 1.165) is 63.6 Å². The Morgan fingerprint density at radius 2 is 1.87 bits per heavy atom. The highest BCUT2D eigenvalue weighted by molar-refractivity contribution is 14.0. The first-order chi connectivity index (χ1) is 14.0. The van der Waals surface area contributed by atoms with Gasteiger partial charge in [0.25, 0.3) is 5.91 Å². The number of ether oxygens (including phenoxy) is 2. The number of halogens is 1. The number of amides is 1. The topological polar surface area (TPSA) is 66.4 Å². The second-order valence-electron chi connectivity index (χ2n) is 7.47. The van der Waals surface area contributed by atoms with E-state index in [1.165, 1.54) is 0 Å². The number of piperidine rings is 1. The molecule has 0 spiro atoms. The fraction of sp³-hybridized carbons (Fsp3) is 0.636.